The predicted octanol–water partition coefficient (Wildman–Crippen LogP) is 3.37. The van der Waals surface area contributed by atoms with Crippen molar-refractivity contribution in [1.29, 1.82) is 0 Å². The molecule has 3 N–H and O–H groups in total. The van der Waals surface area contributed by atoms with Gasteiger partial charge in [0.25, 0.3) is 0 Å². The van der Waals surface area contributed by atoms with E-state index >= 15 is 0 Å². The molecule has 2 rings (SSSR count). The summed E-state index contributed by atoms with van der Waals surface area (Å²) in [5.74, 6) is -0.882. The highest BCUT2D eigenvalue weighted by atomic mass is 16.6. The lowest BCUT2D eigenvalue weighted by molar-refractivity contribution is -0.130. The number of carbonyl (C=O) groups excluding carboxylic acids is 4. The Hall–Kier alpha value is -3.69. The fourth-order valence-corrected chi connectivity index (χ4v) is 3.45. The van der Waals surface area contributed by atoms with Gasteiger partial charge in [-0.3, -0.25) is 14.4 Å². The van der Waals surface area contributed by atoms with Crippen LogP contribution >= 0.6 is 0 Å². The standard InChI is InChI=1S/C26H37N5O5/c1-9-19(28-22(34)25(6,7)30-23(35)36-24(3,4)5)21(33)29-20-15-31(16-27-20)26(8,17(2)32)18-13-11-10-12-14-18/h10-16,19H,9H2,1-8H3,(H,28,34)(H,29,33)(H,30,35)/t19-,26+/m1/s1. The second kappa shape index (κ2) is 10.9. The molecule has 0 aliphatic carbocycles. The number of nitrogens with one attached hydrogen (secondary N) is 3. The molecule has 1 aromatic heterocycles. The van der Waals surface area contributed by atoms with Crippen molar-refractivity contribution in [2.24, 2.45) is 0 Å². The van der Waals surface area contributed by atoms with Crippen molar-refractivity contribution in [3.8, 4) is 0 Å². The van der Waals surface area contributed by atoms with Gasteiger partial charge in [-0.2, -0.15) is 0 Å². The van der Waals surface area contributed by atoms with Gasteiger partial charge in [0.1, 0.15) is 22.7 Å². The van der Waals surface area contributed by atoms with E-state index in [0.29, 0.717) is 6.42 Å². The normalized spacial score (nSPS) is 14.2. The number of hydrogen-bond donors (Lipinski definition) is 3. The van der Waals surface area contributed by atoms with E-state index < -0.39 is 40.6 Å². The number of amides is 3. The predicted molar refractivity (Wildman–Crippen MR) is 136 cm³/mol. The van der Waals surface area contributed by atoms with Crippen LogP contribution in [0.15, 0.2) is 42.9 Å². The molecule has 2 atom stereocenters. The van der Waals surface area contributed by atoms with Crippen molar-refractivity contribution >= 4 is 29.5 Å². The Morgan fingerprint density at radius 2 is 1.64 bits per heavy atom. The van der Waals surface area contributed by atoms with Gasteiger partial charge in [0.15, 0.2) is 11.6 Å². The number of hydrogen-bond acceptors (Lipinski definition) is 6. The van der Waals surface area contributed by atoms with Crippen molar-refractivity contribution in [3.63, 3.8) is 0 Å². The van der Waals surface area contributed by atoms with Gasteiger partial charge in [-0.05, 0) is 60.5 Å². The Morgan fingerprint density at radius 1 is 1.03 bits per heavy atom. The number of rotatable bonds is 9. The molecule has 0 radical (unpaired) electrons. The molecule has 1 aromatic carbocycles. The zero-order valence-electron chi connectivity index (χ0n) is 22.3. The van der Waals surface area contributed by atoms with Crippen LogP contribution in [0.1, 0.15) is 67.4 Å². The highest BCUT2D eigenvalue weighted by molar-refractivity contribution is 5.98. The Balaban J connectivity index is 2.12. The molecule has 0 aliphatic heterocycles. The van der Waals surface area contributed by atoms with E-state index in [1.165, 1.54) is 27.1 Å². The molecule has 0 fully saturated rings. The Labute approximate surface area is 212 Å². The number of benzene rings is 1. The largest absolute Gasteiger partial charge is 0.444 e. The van der Waals surface area contributed by atoms with Gasteiger partial charge in [0, 0.05) is 6.20 Å². The summed E-state index contributed by atoms with van der Waals surface area (Å²) in [7, 11) is 0. The van der Waals surface area contributed by atoms with Gasteiger partial charge in [-0.25, -0.2) is 9.78 Å². The van der Waals surface area contributed by atoms with Gasteiger partial charge < -0.3 is 25.3 Å². The van der Waals surface area contributed by atoms with E-state index in [1.807, 2.05) is 30.3 Å². The average Bonchev–Trinajstić information content (AvgIpc) is 3.24. The van der Waals surface area contributed by atoms with Crippen molar-refractivity contribution < 1.29 is 23.9 Å². The summed E-state index contributed by atoms with van der Waals surface area (Å²) >= 11 is 0. The molecule has 0 bridgehead atoms. The molecule has 2 aromatic rings. The molecule has 0 unspecified atom stereocenters. The molecule has 0 spiro atoms. The van der Waals surface area contributed by atoms with E-state index in [-0.39, 0.29) is 11.6 Å². The fourth-order valence-electron chi connectivity index (χ4n) is 3.45. The van der Waals surface area contributed by atoms with Gasteiger partial charge in [-0.1, -0.05) is 37.3 Å². The number of imidazole rings is 1. The van der Waals surface area contributed by atoms with Crippen molar-refractivity contribution in [1.82, 2.24) is 20.2 Å². The first-order valence-electron chi connectivity index (χ1n) is 11.8. The second-order valence-electron chi connectivity index (χ2n) is 10.3. The van der Waals surface area contributed by atoms with Crippen LogP contribution in [0.5, 0.6) is 0 Å². The van der Waals surface area contributed by atoms with Gasteiger partial charge in [-0.15, -0.1) is 0 Å². The van der Waals surface area contributed by atoms with Crippen LogP contribution < -0.4 is 16.0 Å². The fraction of sp³-hybridized carbons (Fsp3) is 0.500. The first-order chi connectivity index (χ1) is 16.6. The lowest BCUT2D eigenvalue weighted by Gasteiger charge is -2.29. The lowest BCUT2D eigenvalue weighted by Crippen LogP contribution is -2.58. The van der Waals surface area contributed by atoms with Crippen LogP contribution in [0, 0.1) is 0 Å². The topological polar surface area (TPSA) is 131 Å². The molecule has 0 saturated heterocycles. The molecule has 10 heteroatoms. The Bertz CT molecular complexity index is 1100. The summed E-state index contributed by atoms with van der Waals surface area (Å²) in [6, 6.07) is 8.40. The van der Waals surface area contributed by atoms with E-state index in [1.54, 1.807) is 45.4 Å². The summed E-state index contributed by atoms with van der Waals surface area (Å²) in [5, 5.41) is 7.89. The second-order valence-corrected chi connectivity index (χ2v) is 10.3. The number of anilines is 1. The molecule has 1 heterocycles. The first-order valence-corrected chi connectivity index (χ1v) is 11.8. The number of ketones is 1. The minimum absolute atomic E-state index is 0.0950. The Morgan fingerprint density at radius 3 is 2.17 bits per heavy atom. The van der Waals surface area contributed by atoms with Crippen LogP contribution in [0.25, 0.3) is 0 Å². The van der Waals surface area contributed by atoms with Crippen molar-refractivity contribution in [3.05, 3.63) is 48.4 Å². The summed E-state index contributed by atoms with van der Waals surface area (Å²) in [6.45, 7) is 13.2. The maximum atomic E-state index is 12.9. The van der Waals surface area contributed by atoms with Gasteiger partial charge >= 0.3 is 6.09 Å². The van der Waals surface area contributed by atoms with Crippen molar-refractivity contribution in [2.75, 3.05) is 5.32 Å². The van der Waals surface area contributed by atoms with E-state index in [4.69, 9.17) is 4.74 Å². The first kappa shape index (κ1) is 28.5. The molecule has 0 saturated carbocycles. The minimum Gasteiger partial charge on any atom is -0.444 e. The summed E-state index contributed by atoms with van der Waals surface area (Å²) in [6.07, 6.45) is 2.63. The van der Waals surface area contributed by atoms with E-state index in [2.05, 4.69) is 20.9 Å². The number of nitrogens with zero attached hydrogens (tertiary/aromatic N) is 2. The van der Waals surface area contributed by atoms with Gasteiger partial charge in [0.2, 0.25) is 11.8 Å². The molecule has 3 amide bonds. The third-order valence-corrected chi connectivity index (χ3v) is 5.78. The molecule has 36 heavy (non-hydrogen) atoms. The van der Waals surface area contributed by atoms with Crippen LogP contribution in [-0.4, -0.2) is 50.4 Å². The summed E-state index contributed by atoms with van der Waals surface area (Å²) < 4.78 is 6.86. The molecule has 196 valence electrons. The van der Waals surface area contributed by atoms with Gasteiger partial charge in [0.05, 0.1) is 6.33 Å². The minimum atomic E-state index is -1.32. The third kappa shape index (κ3) is 6.93. The zero-order chi connectivity index (χ0) is 27.3. The highest BCUT2D eigenvalue weighted by Gasteiger charge is 2.35. The number of ether oxygens (including phenoxy) is 1. The molecular weight excluding hydrogens is 462 g/mol. The smallest absolute Gasteiger partial charge is 0.408 e. The maximum absolute atomic E-state index is 12.9. The Kier molecular flexibility index (Phi) is 8.66. The number of alkyl carbamates (subject to hydrolysis) is 1. The van der Waals surface area contributed by atoms with Crippen LogP contribution in [0.3, 0.4) is 0 Å². The van der Waals surface area contributed by atoms with Crippen LogP contribution in [-0.2, 0) is 24.7 Å². The summed E-state index contributed by atoms with van der Waals surface area (Å²) in [5.41, 5.74) is -2.26. The molecule has 0 aliphatic rings. The maximum Gasteiger partial charge on any atom is 0.408 e. The number of carbonyl (C=O) groups is 4. The lowest BCUT2D eigenvalue weighted by atomic mass is 9.88. The average molecular weight is 500 g/mol. The van der Waals surface area contributed by atoms with Crippen molar-refractivity contribution in [2.45, 2.75) is 84.5 Å². The molecule has 10 nitrogen and oxygen atoms in total. The van der Waals surface area contributed by atoms with E-state index in [9.17, 15) is 19.2 Å². The SMILES string of the molecule is CC[C@@H](NC(=O)C(C)(C)NC(=O)OC(C)(C)C)C(=O)Nc1cn([C@@](C)(C(C)=O)c2ccccc2)cn1. The third-order valence-electron chi connectivity index (χ3n) is 5.78. The number of Topliss-reactive ketones (excluding diaryl/α,β-unsaturated/α-hetero) is 1. The number of aromatic nitrogens is 2. The van der Waals surface area contributed by atoms with Crippen LogP contribution in [0.4, 0.5) is 10.6 Å². The quantitative estimate of drug-likeness (QED) is 0.485. The highest BCUT2D eigenvalue weighted by Crippen LogP contribution is 2.28. The summed E-state index contributed by atoms with van der Waals surface area (Å²) in [4.78, 5) is 54.7. The van der Waals surface area contributed by atoms with Crippen LogP contribution in [0.2, 0.25) is 0 Å². The zero-order valence-corrected chi connectivity index (χ0v) is 22.3. The van der Waals surface area contributed by atoms with E-state index in [0.717, 1.165) is 5.56 Å². The monoisotopic (exact) mass is 499 g/mol. The molecular formula is C26H37N5O5.